The van der Waals surface area contributed by atoms with Crippen LogP contribution in [0.25, 0.3) is 5.65 Å². The molecule has 0 unspecified atom stereocenters. The lowest BCUT2D eigenvalue weighted by Gasteiger charge is -2.13. The minimum Gasteiger partial charge on any atom is -0.326 e. The molecule has 0 aromatic carbocycles. The Morgan fingerprint density at radius 3 is 3.00 bits per heavy atom. The fourth-order valence-corrected chi connectivity index (χ4v) is 2.42. The molecule has 2 N–H and O–H groups in total. The van der Waals surface area contributed by atoms with Crippen molar-refractivity contribution in [2.45, 2.75) is 19.0 Å². The molecule has 3 heterocycles. The van der Waals surface area contributed by atoms with Crippen LogP contribution >= 0.6 is 0 Å². The van der Waals surface area contributed by atoms with Crippen LogP contribution in [0.15, 0.2) is 29.2 Å². The molecule has 6 nitrogen and oxygen atoms in total. The van der Waals surface area contributed by atoms with Gasteiger partial charge in [-0.05, 0) is 25.1 Å². The standard InChI is InChI=1S/C12H17N5O/c13-10-4-6-15(9-10)7-8-17-12(18)16-5-2-1-3-11(16)14-17/h1-3,5,10H,4,6-9,13H2/t10-/m0/s1. The van der Waals surface area contributed by atoms with E-state index in [1.165, 1.54) is 4.68 Å². The van der Waals surface area contributed by atoms with E-state index in [9.17, 15) is 4.79 Å². The minimum absolute atomic E-state index is 0.0749. The second kappa shape index (κ2) is 4.55. The summed E-state index contributed by atoms with van der Waals surface area (Å²) in [6, 6.07) is 5.83. The van der Waals surface area contributed by atoms with Gasteiger partial charge in [0.2, 0.25) is 0 Å². The molecule has 3 rings (SSSR count). The number of nitrogens with two attached hydrogens (primary N) is 1. The van der Waals surface area contributed by atoms with Crippen molar-refractivity contribution in [3.63, 3.8) is 0 Å². The molecule has 1 saturated heterocycles. The van der Waals surface area contributed by atoms with Crippen molar-refractivity contribution in [3.05, 3.63) is 34.9 Å². The summed E-state index contributed by atoms with van der Waals surface area (Å²) in [4.78, 5) is 14.3. The van der Waals surface area contributed by atoms with Crippen LogP contribution in [-0.4, -0.2) is 44.8 Å². The lowest BCUT2D eigenvalue weighted by atomic mass is 10.3. The summed E-state index contributed by atoms with van der Waals surface area (Å²) in [5.74, 6) is 0. The molecular formula is C12H17N5O. The van der Waals surface area contributed by atoms with E-state index in [1.54, 1.807) is 10.6 Å². The molecule has 2 aromatic rings. The monoisotopic (exact) mass is 247 g/mol. The molecule has 96 valence electrons. The van der Waals surface area contributed by atoms with E-state index < -0.39 is 0 Å². The van der Waals surface area contributed by atoms with Crippen LogP contribution in [0.1, 0.15) is 6.42 Å². The predicted molar refractivity (Wildman–Crippen MR) is 68.5 cm³/mol. The highest BCUT2D eigenvalue weighted by molar-refractivity contribution is 5.35. The second-order valence-corrected chi connectivity index (χ2v) is 4.78. The van der Waals surface area contributed by atoms with Gasteiger partial charge in [0.25, 0.3) is 0 Å². The van der Waals surface area contributed by atoms with E-state index in [2.05, 4.69) is 10.00 Å². The van der Waals surface area contributed by atoms with Gasteiger partial charge in [-0.2, -0.15) is 0 Å². The zero-order chi connectivity index (χ0) is 12.5. The van der Waals surface area contributed by atoms with Gasteiger partial charge in [0.05, 0.1) is 6.54 Å². The number of rotatable bonds is 3. The van der Waals surface area contributed by atoms with E-state index >= 15 is 0 Å². The maximum absolute atomic E-state index is 12.0. The topological polar surface area (TPSA) is 68.6 Å². The van der Waals surface area contributed by atoms with Crippen molar-refractivity contribution in [1.29, 1.82) is 0 Å². The Kier molecular flexibility index (Phi) is 2.89. The van der Waals surface area contributed by atoms with Crippen molar-refractivity contribution < 1.29 is 0 Å². The first kappa shape index (κ1) is 11.4. The van der Waals surface area contributed by atoms with Crippen LogP contribution in [0.3, 0.4) is 0 Å². The van der Waals surface area contributed by atoms with Gasteiger partial charge in [-0.15, -0.1) is 5.10 Å². The fourth-order valence-electron chi connectivity index (χ4n) is 2.42. The zero-order valence-electron chi connectivity index (χ0n) is 10.2. The van der Waals surface area contributed by atoms with Gasteiger partial charge in [0.15, 0.2) is 5.65 Å². The third-order valence-electron chi connectivity index (χ3n) is 3.43. The maximum Gasteiger partial charge on any atom is 0.350 e. The van der Waals surface area contributed by atoms with Crippen LogP contribution < -0.4 is 11.4 Å². The number of fused-ring (bicyclic) bond motifs is 1. The van der Waals surface area contributed by atoms with E-state index in [0.29, 0.717) is 12.2 Å². The third-order valence-corrected chi connectivity index (χ3v) is 3.43. The van der Waals surface area contributed by atoms with Crippen molar-refractivity contribution in [2.24, 2.45) is 5.73 Å². The molecule has 1 aliphatic rings. The molecule has 0 amide bonds. The maximum atomic E-state index is 12.0. The number of aromatic nitrogens is 3. The van der Waals surface area contributed by atoms with Crippen LogP contribution in [0.4, 0.5) is 0 Å². The average Bonchev–Trinajstić information content (AvgIpc) is 2.92. The summed E-state index contributed by atoms with van der Waals surface area (Å²) < 4.78 is 3.09. The molecule has 0 bridgehead atoms. The number of pyridine rings is 1. The quantitative estimate of drug-likeness (QED) is 0.796. The van der Waals surface area contributed by atoms with E-state index in [4.69, 9.17) is 5.73 Å². The van der Waals surface area contributed by atoms with Gasteiger partial charge in [-0.25, -0.2) is 9.48 Å². The Hall–Kier alpha value is -1.66. The summed E-state index contributed by atoms with van der Waals surface area (Å²) in [7, 11) is 0. The Balaban J connectivity index is 1.75. The van der Waals surface area contributed by atoms with E-state index in [-0.39, 0.29) is 11.7 Å². The Morgan fingerprint density at radius 2 is 2.28 bits per heavy atom. The van der Waals surface area contributed by atoms with Gasteiger partial charge in [0, 0.05) is 25.3 Å². The van der Waals surface area contributed by atoms with Gasteiger partial charge in [-0.1, -0.05) is 6.07 Å². The molecule has 0 radical (unpaired) electrons. The third kappa shape index (κ3) is 2.04. The molecule has 0 saturated carbocycles. The number of hydrogen-bond acceptors (Lipinski definition) is 4. The van der Waals surface area contributed by atoms with Gasteiger partial charge >= 0.3 is 5.69 Å². The van der Waals surface area contributed by atoms with Gasteiger partial charge in [-0.3, -0.25) is 9.30 Å². The van der Waals surface area contributed by atoms with Crippen molar-refractivity contribution in [3.8, 4) is 0 Å². The summed E-state index contributed by atoms with van der Waals surface area (Å²) in [6.45, 7) is 3.39. The Labute approximate surface area is 105 Å². The van der Waals surface area contributed by atoms with E-state index in [1.807, 2.05) is 18.2 Å². The number of hydrogen-bond donors (Lipinski definition) is 1. The summed E-state index contributed by atoms with van der Waals surface area (Å²) in [5, 5.41) is 4.30. The fraction of sp³-hybridized carbons (Fsp3) is 0.500. The van der Waals surface area contributed by atoms with Crippen LogP contribution in [0.5, 0.6) is 0 Å². The highest BCUT2D eigenvalue weighted by Crippen LogP contribution is 2.06. The Morgan fingerprint density at radius 1 is 1.39 bits per heavy atom. The molecule has 1 fully saturated rings. The smallest absolute Gasteiger partial charge is 0.326 e. The number of nitrogens with zero attached hydrogens (tertiary/aromatic N) is 4. The molecular weight excluding hydrogens is 230 g/mol. The molecule has 0 aliphatic carbocycles. The average molecular weight is 247 g/mol. The molecule has 0 spiro atoms. The molecule has 2 aromatic heterocycles. The Bertz CT molecular complexity index is 602. The van der Waals surface area contributed by atoms with Crippen molar-refractivity contribution >= 4 is 5.65 Å². The van der Waals surface area contributed by atoms with Crippen LogP contribution in [0.2, 0.25) is 0 Å². The first-order chi connectivity index (χ1) is 8.74. The lowest BCUT2D eigenvalue weighted by Crippen LogP contribution is -2.32. The largest absolute Gasteiger partial charge is 0.350 e. The predicted octanol–water partition coefficient (Wildman–Crippen LogP) is -0.471. The summed E-state index contributed by atoms with van der Waals surface area (Å²) in [6.07, 6.45) is 2.78. The SMILES string of the molecule is N[C@H]1CCN(CCn2nc3ccccn3c2=O)C1. The zero-order valence-corrected chi connectivity index (χ0v) is 10.2. The van der Waals surface area contributed by atoms with Crippen LogP contribution in [0, 0.1) is 0 Å². The number of likely N-dealkylation sites (tertiary alicyclic amines) is 1. The van der Waals surface area contributed by atoms with Crippen LogP contribution in [-0.2, 0) is 6.54 Å². The highest BCUT2D eigenvalue weighted by atomic mass is 16.2. The lowest BCUT2D eigenvalue weighted by molar-refractivity contribution is 0.310. The molecule has 1 aliphatic heterocycles. The van der Waals surface area contributed by atoms with Crippen molar-refractivity contribution in [1.82, 2.24) is 19.1 Å². The first-order valence-electron chi connectivity index (χ1n) is 6.26. The summed E-state index contributed by atoms with van der Waals surface area (Å²) >= 11 is 0. The first-order valence-corrected chi connectivity index (χ1v) is 6.26. The summed E-state index contributed by atoms with van der Waals surface area (Å²) in [5.41, 5.74) is 6.48. The normalized spacial score (nSPS) is 20.8. The molecule has 18 heavy (non-hydrogen) atoms. The molecule has 1 atom stereocenters. The van der Waals surface area contributed by atoms with Gasteiger partial charge < -0.3 is 5.73 Å². The van der Waals surface area contributed by atoms with Gasteiger partial charge in [0.1, 0.15) is 0 Å². The second-order valence-electron chi connectivity index (χ2n) is 4.78. The minimum atomic E-state index is -0.0749. The van der Waals surface area contributed by atoms with E-state index in [0.717, 1.165) is 26.1 Å². The highest BCUT2D eigenvalue weighted by Gasteiger charge is 2.18. The molecule has 6 heteroatoms. The van der Waals surface area contributed by atoms with Crippen molar-refractivity contribution in [2.75, 3.05) is 19.6 Å².